The Kier molecular flexibility index (Phi) is 4.64. The zero-order chi connectivity index (χ0) is 14.7. The molecule has 2 heteroatoms. The Hall–Kier alpha value is -1.57. The number of aryl methyl sites for hydroxylation is 2. The molecule has 0 spiro atoms. The maximum absolute atomic E-state index is 12.6. The first-order chi connectivity index (χ1) is 9.58. The zero-order valence-corrected chi connectivity index (χ0v) is 13.1. The smallest absolute Gasteiger partial charge is 0.249 e. The van der Waals surface area contributed by atoms with Gasteiger partial charge in [0.2, 0.25) is 5.91 Å². The van der Waals surface area contributed by atoms with E-state index >= 15 is 0 Å². The minimum Gasteiger partial charge on any atom is -0.339 e. The highest BCUT2D eigenvalue weighted by molar-refractivity contribution is 6.01. The topological polar surface area (TPSA) is 20.3 Å². The summed E-state index contributed by atoms with van der Waals surface area (Å²) in [6.45, 7) is 9.75. The molecule has 1 amide bonds. The molecule has 2 rings (SSSR count). The van der Waals surface area contributed by atoms with E-state index in [-0.39, 0.29) is 5.91 Å². The Bertz CT molecular complexity index is 538. The lowest BCUT2D eigenvalue weighted by atomic mass is 9.84. The second-order valence-electron chi connectivity index (χ2n) is 5.60. The van der Waals surface area contributed by atoms with Crippen molar-refractivity contribution in [1.29, 1.82) is 0 Å². The van der Waals surface area contributed by atoms with Crippen LogP contribution in [0.15, 0.2) is 23.8 Å². The van der Waals surface area contributed by atoms with Crippen LogP contribution in [0.4, 0.5) is 0 Å². The van der Waals surface area contributed by atoms with E-state index in [1.165, 1.54) is 22.3 Å². The fourth-order valence-corrected chi connectivity index (χ4v) is 3.05. The molecule has 0 atom stereocenters. The molecule has 0 radical (unpaired) electrons. The fourth-order valence-electron chi connectivity index (χ4n) is 3.05. The van der Waals surface area contributed by atoms with Crippen molar-refractivity contribution in [2.45, 2.75) is 47.0 Å². The van der Waals surface area contributed by atoms with E-state index in [4.69, 9.17) is 0 Å². The molecule has 0 heterocycles. The molecule has 0 aromatic heterocycles. The lowest BCUT2D eigenvalue weighted by molar-refractivity contribution is -0.126. The number of benzene rings is 1. The highest BCUT2D eigenvalue weighted by atomic mass is 16.2. The van der Waals surface area contributed by atoms with Crippen molar-refractivity contribution >= 4 is 11.5 Å². The van der Waals surface area contributed by atoms with Gasteiger partial charge in [0.15, 0.2) is 0 Å². The summed E-state index contributed by atoms with van der Waals surface area (Å²) >= 11 is 0. The number of hydrogen-bond donors (Lipinski definition) is 0. The maximum atomic E-state index is 12.6. The Morgan fingerprint density at radius 1 is 1.20 bits per heavy atom. The van der Waals surface area contributed by atoms with Gasteiger partial charge in [0.25, 0.3) is 0 Å². The monoisotopic (exact) mass is 271 g/mol. The van der Waals surface area contributed by atoms with E-state index in [2.05, 4.69) is 25.1 Å². The van der Waals surface area contributed by atoms with Crippen LogP contribution in [0, 0.1) is 6.92 Å². The van der Waals surface area contributed by atoms with Gasteiger partial charge in [-0.3, -0.25) is 4.79 Å². The molecule has 1 aliphatic carbocycles. The highest BCUT2D eigenvalue weighted by Crippen LogP contribution is 2.34. The molecule has 2 nitrogen and oxygen atoms in total. The molecule has 20 heavy (non-hydrogen) atoms. The van der Waals surface area contributed by atoms with E-state index in [1.807, 2.05) is 25.7 Å². The fraction of sp³-hybridized carbons (Fsp3) is 0.500. The Balaban J connectivity index is 2.45. The van der Waals surface area contributed by atoms with Crippen LogP contribution in [0.5, 0.6) is 0 Å². The molecular formula is C18H25NO. The number of hydrogen-bond acceptors (Lipinski definition) is 1. The van der Waals surface area contributed by atoms with Crippen molar-refractivity contribution in [1.82, 2.24) is 4.90 Å². The largest absolute Gasteiger partial charge is 0.339 e. The molecule has 0 unspecified atom stereocenters. The van der Waals surface area contributed by atoms with Gasteiger partial charge in [-0.05, 0) is 63.7 Å². The van der Waals surface area contributed by atoms with Crippen molar-refractivity contribution in [3.63, 3.8) is 0 Å². The highest BCUT2D eigenvalue weighted by Gasteiger charge is 2.21. The average Bonchev–Trinajstić information content (AvgIpc) is 2.47. The van der Waals surface area contributed by atoms with Crippen molar-refractivity contribution in [3.05, 3.63) is 40.5 Å². The lowest BCUT2D eigenvalue weighted by Crippen LogP contribution is -2.31. The van der Waals surface area contributed by atoms with E-state index in [1.54, 1.807) is 0 Å². The quantitative estimate of drug-likeness (QED) is 0.762. The summed E-state index contributed by atoms with van der Waals surface area (Å²) in [5.41, 5.74) is 6.15. The first-order valence-electron chi connectivity index (χ1n) is 7.67. The van der Waals surface area contributed by atoms with Crippen molar-refractivity contribution in [3.8, 4) is 0 Å². The summed E-state index contributed by atoms with van der Waals surface area (Å²) in [7, 11) is 0. The van der Waals surface area contributed by atoms with Gasteiger partial charge in [0.1, 0.15) is 0 Å². The van der Waals surface area contributed by atoms with Crippen molar-refractivity contribution < 1.29 is 4.79 Å². The normalized spacial score (nSPS) is 16.6. The van der Waals surface area contributed by atoms with Gasteiger partial charge in [0.05, 0.1) is 0 Å². The molecule has 108 valence electrons. The van der Waals surface area contributed by atoms with Gasteiger partial charge in [0, 0.05) is 18.7 Å². The average molecular weight is 271 g/mol. The van der Waals surface area contributed by atoms with Crippen LogP contribution in [-0.2, 0) is 11.2 Å². The number of carbonyl (C=O) groups is 1. The maximum Gasteiger partial charge on any atom is 0.249 e. The molecule has 0 aliphatic heterocycles. The molecule has 0 saturated heterocycles. The van der Waals surface area contributed by atoms with Crippen LogP contribution in [0.2, 0.25) is 0 Å². The summed E-state index contributed by atoms with van der Waals surface area (Å²) in [5.74, 6) is 0.194. The number of fused-ring (bicyclic) bond motifs is 1. The Morgan fingerprint density at radius 3 is 2.55 bits per heavy atom. The van der Waals surface area contributed by atoms with E-state index in [0.717, 1.165) is 37.9 Å². The summed E-state index contributed by atoms with van der Waals surface area (Å²) in [4.78, 5) is 14.5. The Labute approximate surface area is 122 Å². The molecule has 1 aliphatic rings. The zero-order valence-electron chi connectivity index (χ0n) is 13.1. The van der Waals surface area contributed by atoms with E-state index in [0.29, 0.717) is 0 Å². The molecule has 0 fully saturated rings. The predicted molar refractivity (Wildman–Crippen MR) is 84.6 cm³/mol. The SMILES string of the molecule is CCN(CC)C(=O)C(C)=C1CCCc2ccc(C)cc21. The first kappa shape index (κ1) is 14.8. The van der Waals surface area contributed by atoms with Gasteiger partial charge in [-0.1, -0.05) is 23.8 Å². The Morgan fingerprint density at radius 2 is 1.90 bits per heavy atom. The summed E-state index contributed by atoms with van der Waals surface area (Å²) < 4.78 is 0. The number of rotatable bonds is 3. The number of nitrogens with zero attached hydrogens (tertiary/aromatic N) is 1. The second-order valence-corrected chi connectivity index (χ2v) is 5.60. The minimum absolute atomic E-state index is 0.194. The van der Waals surface area contributed by atoms with Crippen LogP contribution in [0.3, 0.4) is 0 Å². The predicted octanol–water partition coefficient (Wildman–Crippen LogP) is 3.97. The van der Waals surface area contributed by atoms with Gasteiger partial charge in [-0.2, -0.15) is 0 Å². The van der Waals surface area contributed by atoms with E-state index < -0.39 is 0 Å². The lowest BCUT2D eigenvalue weighted by Gasteiger charge is -2.25. The first-order valence-corrected chi connectivity index (χ1v) is 7.67. The number of carbonyl (C=O) groups excluding carboxylic acids is 1. The molecule has 0 N–H and O–H groups in total. The minimum atomic E-state index is 0.194. The third kappa shape index (κ3) is 2.79. The van der Waals surface area contributed by atoms with Crippen LogP contribution in [0.1, 0.15) is 50.3 Å². The molecular weight excluding hydrogens is 246 g/mol. The van der Waals surface area contributed by atoms with Gasteiger partial charge >= 0.3 is 0 Å². The molecule has 0 bridgehead atoms. The van der Waals surface area contributed by atoms with E-state index in [9.17, 15) is 4.79 Å². The number of allylic oxidation sites excluding steroid dienone is 1. The van der Waals surface area contributed by atoms with Crippen LogP contribution in [0.25, 0.3) is 5.57 Å². The summed E-state index contributed by atoms with van der Waals surface area (Å²) in [6.07, 6.45) is 3.30. The van der Waals surface area contributed by atoms with Crippen molar-refractivity contribution in [2.24, 2.45) is 0 Å². The van der Waals surface area contributed by atoms with Crippen LogP contribution in [-0.4, -0.2) is 23.9 Å². The molecule has 0 saturated carbocycles. The van der Waals surface area contributed by atoms with Gasteiger partial charge in [-0.25, -0.2) is 0 Å². The summed E-state index contributed by atoms with van der Waals surface area (Å²) in [6, 6.07) is 6.63. The van der Waals surface area contributed by atoms with Crippen LogP contribution < -0.4 is 0 Å². The van der Waals surface area contributed by atoms with Gasteiger partial charge < -0.3 is 4.90 Å². The van der Waals surface area contributed by atoms with Crippen molar-refractivity contribution in [2.75, 3.05) is 13.1 Å². The number of amides is 1. The molecule has 1 aromatic rings. The molecule has 1 aromatic carbocycles. The van der Waals surface area contributed by atoms with Gasteiger partial charge in [-0.15, -0.1) is 0 Å². The summed E-state index contributed by atoms with van der Waals surface area (Å²) in [5, 5.41) is 0. The van der Waals surface area contributed by atoms with Crippen LogP contribution >= 0.6 is 0 Å². The second kappa shape index (κ2) is 6.25. The third-order valence-electron chi connectivity index (χ3n) is 4.29. The third-order valence-corrected chi connectivity index (χ3v) is 4.29. The standard InChI is InChI=1S/C18H25NO/c1-5-19(6-2)18(20)14(4)16-9-7-8-15-11-10-13(3)12-17(15)16/h10-12H,5-9H2,1-4H3. The number of likely N-dealkylation sites (N-methyl/N-ethyl adjacent to an activating group) is 1.